The van der Waals surface area contributed by atoms with Gasteiger partial charge in [-0.1, -0.05) is 12.1 Å². The number of nitrogens with one attached hydrogen (secondary N) is 1. The van der Waals surface area contributed by atoms with Crippen LogP contribution in [-0.2, 0) is 0 Å². The largest absolute Gasteiger partial charge is 0.491 e. The highest BCUT2D eigenvalue weighted by molar-refractivity contribution is 5.79. The molecule has 0 spiro atoms. The monoisotopic (exact) mass is 294 g/mol. The summed E-state index contributed by atoms with van der Waals surface area (Å²) in [5.41, 5.74) is 2.46. The van der Waals surface area contributed by atoms with E-state index in [-0.39, 0.29) is 11.7 Å². The number of aromatic nitrogens is 2. The van der Waals surface area contributed by atoms with Gasteiger partial charge in [-0.05, 0) is 56.7 Å². The minimum absolute atomic E-state index is 0.124. The smallest absolute Gasteiger partial charge is 0.259 e. The van der Waals surface area contributed by atoms with Gasteiger partial charge in [0.15, 0.2) is 0 Å². The first kappa shape index (κ1) is 14.3. The molecule has 3 rings (SSSR count). The van der Waals surface area contributed by atoms with Gasteiger partial charge in [0.05, 0.1) is 17.0 Å². The number of aromatic amines is 1. The minimum atomic E-state index is -0.124. The molecule has 2 aromatic carbocycles. The zero-order valence-electron chi connectivity index (χ0n) is 12.9. The molecule has 0 bridgehead atoms. The highest BCUT2D eigenvalue weighted by Gasteiger charge is 2.08. The quantitative estimate of drug-likeness (QED) is 0.801. The van der Waals surface area contributed by atoms with E-state index in [0.717, 1.165) is 16.9 Å². The first-order valence-electron chi connectivity index (χ1n) is 7.31. The number of fused-ring (bicyclic) bond motifs is 1. The molecular weight excluding hydrogens is 276 g/mol. The molecule has 1 N–H and O–H groups in total. The number of hydrogen-bond acceptors (Lipinski definition) is 3. The highest BCUT2D eigenvalue weighted by Crippen LogP contribution is 2.25. The lowest BCUT2D eigenvalue weighted by molar-refractivity contribution is 0.241. The number of H-pyrrole nitrogens is 1. The Morgan fingerprint density at radius 1 is 1.14 bits per heavy atom. The maximum Gasteiger partial charge on any atom is 0.259 e. The molecule has 0 aliphatic carbocycles. The van der Waals surface area contributed by atoms with E-state index in [9.17, 15) is 4.79 Å². The van der Waals surface area contributed by atoms with E-state index in [1.54, 1.807) is 6.07 Å². The molecule has 0 radical (unpaired) electrons. The maximum atomic E-state index is 12.1. The number of para-hydroxylation sites is 1. The lowest BCUT2D eigenvalue weighted by Gasteiger charge is -2.13. The van der Waals surface area contributed by atoms with Crippen LogP contribution >= 0.6 is 0 Å². The maximum absolute atomic E-state index is 12.1. The normalized spacial score (nSPS) is 11.1. The molecule has 0 unspecified atom stereocenters. The molecule has 3 aromatic rings. The minimum Gasteiger partial charge on any atom is -0.491 e. The number of aryl methyl sites for hydroxylation is 1. The Bertz CT molecular complexity index is 882. The van der Waals surface area contributed by atoms with Gasteiger partial charge >= 0.3 is 0 Å². The Morgan fingerprint density at radius 2 is 1.91 bits per heavy atom. The van der Waals surface area contributed by atoms with Gasteiger partial charge in [-0.25, -0.2) is 4.98 Å². The summed E-state index contributed by atoms with van der Waals surface area (Å²) in [4.78, 5) is 19.5. The van der Waals surface area contributed by atoms with Gasteiger partial charge < -0.3 is 9.72 Å². The first-order chi connectivity index (χ1) is 10.5. The van der Waals surface area contributed by atoms with Crippen molar-refractivity contribution in [2.75, 3.05) is 0 Å². The van der Waals surface area contributed by atoms with Crippen LogP contribution in [0.3, 0.4) is 0 Å². The van der Waals surface area contributed by atoms with Crippen LogP contribution in [0.25, 0.3) is 22.3 Å². The summed E-state index contributed by atoms with van der Waals surface area (Å²) in [5.74, 6) is 1.42. The van der Waals surface area contributed by atoms with E-state index in [0.29, 0.717) is 16.7 Å². The second-order valence-corrected chi connectivity index (χ2v) is 5.58. The second kappa shape index (κ2) is 5.64. The van der Waals surface area contributed by atoms with E-state index in [1.807, 2.05) is 57.2 Å². The van der Waals surface area contributed by atoms with Crippen LogP contribution in [0.2, 0.25) is 0 Å². The standard InChI is InChI=1S/C18H18N2O2/c1-11(2)22-16-9-8-13(10-12(16)3)17-19-15-7-5-4-6-14(15)18(21)20-17/h4-11H,1-3H3,(H,19,20,21). The van der Waals surface area contributed by atoms with E-state index < -0.39 is 0 Å². The number of benzene rings is 2. The topological polar surface area (TPSA) is 55.0 Å². The van der Waals surface area contributed by atoms with Crippen molar-refractivity contribution in [2.24, 2.45) is 0 Å². The molecule has 1 heterocycles. The average Bonchev–Trinajstić information content (AvgIpc) is 2.49. The lowest BCUT2D eigenvalue weighted by Crippen LogP contribution is -2.10. The molecule has 0 saturated carbocycles. The molecule has 0 fully saturated rings. The van der Waals surface area contributed by atoms with E-state index >= 15 is 0 Å². The number of ether oxygens (including phenoxy) is 1. The summed E-state index contributed by atoms with van der Waals surface area (Å²) < 4.78 is 5.74. The molecule has 4 heteroatoms. The van der Waals surface area contributed by atoms with Crippen LogP contribution in [0.5, 0.6) is 5.75 Å². The Morgan fingerprint density at radius 3 is 2.64 bits per heavy atom. The summed E-state index contributed by atoms with van der Waals surface area (Å²) in [5, 5.41) is 0.600. The molecule has 0 aliphatic rings. The molecule has 0 saturated heterocycles. The average molecular weight is 294 g/mol. The third kappa shape index (κ3) is 2.72. The Kier molecular flexibility index (Phi) is 3.67. The Labute approximate surface area is 128 Å². The van der Waals surface area contributed by atoms with Crippen LogP contribution < -0.4 is 10.3 Å². The predicted octanol–water partition coefficient (Wildman–Crippen LogP) is 3.69. The van der Waals surface area contributed by atoms with Gasteiger partial charge in [0.2, 0.25) is 0 Å². The molecule has 112 valence electrons. The SMILES string of the molecule is Cc1cc(-c2nc3ccccc3c(=O)[nH]2)ccc1OC(C)C. The van der Waals surface area contributed by atoms with Crippen molar-refractivity contribution >= 4 is 10.9 Å². The van der Waals surface area contributed by atoms with Crippen molar-refractivity contribution in [3.63, 3.8) is 0 Å². The number of rotatable bonds is 3. The Balaban J connectivity index is 2.08. The lowest BCUT2D eigenvalue weighted by atomic mass is 10.1. The van der Waals surface area contributed by atoms with Crippen molar-refractivity contribution in [3.05, 3.63) is 58.4 Å². The van der Waals surface area contributed by atoms with Gasteiger partial charge in [0.1, 0.15) is 11.6 Å². The van der Waals surface area contributed by atoms with Gasteiger partial charge in [0, 0.05) is 5.56 Å². The molecule has 4 nitrogen and oxygen atoms in total. The predicted molar refractivity (Wildman–Crippen MR) is 88.3 cm³/mol. The van der Waals surface area contributed by atoms with Gasteiger partial charge in [0.25, 0.3) is 5.56 Å². The summed E-state index contributed by atoms with van der Waals surface area (Å²) in [6.45, 7) is 5.98. The zero-order chi connectivity index (χ0) is 15.7. The first-order valence-corrected chi connectivity index (χ1v) is 7.31. The summed E-state index contributed by atoms with van der Waals surface area (Å²) in [7, 11) is 0. The fraction of sp³-hybridized carbons (Fsp3) is 0.222. The second-order valence-electron chi connectivity index (χ2n) is 5.58. The van der Waals surface area contributed by atoms with Gasteiger partial charge in [-0.3, -0.25) is 4.79 Å². The van der Waals surface area contributed by atoms with Crippen molar-refractivity contribution in [1.82, 2.24) is 9.97 Å². The van der Waals surface area contributed by atoms with Crippen molar-refractivity contribution in [3.8, 4) is 17.1 Å². The summed E-state index contributed by atoms with van der Waals surface area (Å²) in [6, 6.07) is 13.1. The molecule has 0 atom stereocenters. The number of nitrogens with zero attached hydrogens (tertiary/aromatic N) is 1. The fourth-order valence-corrected chi connectivity index (χ4v) is 2.41. The summed E-state index contributed by atoms with van der Waals surface area (Å²) >= 11 is 0. The molecule has 1 aromatic heterocycles. The summed E-state index contributed by atoms with van der Waals surface area (Å²) in [6.07, 6.45) is 0.128. The van der Waals surface area contributed by atoms with Gasteiger partial charge in [-0.15, -0.1) is 0 Å². The van der Waals surface area contributed by atoms with Crippen LogP contribution in [0.1, 0.15) is 19.4 Å². The third-order valence-electron chi connectivity index (χ3n) is 3.42. The van der Waals surface area contributed by atoms with Gasteiger partial charge in [-0.2, -0.15) is 0 Å². The highest BCUT2D eigenvalue weighted by atomic mass is 16.5. The zero-order valence-corrected chi connectivity index (χ0v) is 12.9. The van der Waals surface area contributed by atoms with E-state index in [1.165, 1.54) is 0 Å². The molecule has 0 amide bonds. The van der Waals surface area contributed by atoms with Crippen LogP contribution in [0.15, 0.2) is 47.3 Å². The van der Waals surface area contributed by atoms with Crippen molar-refractivity contribution in [1.29, 1.82) is 0 Å². The number of hydrogen-bond donors (Lipinski definition) is 1. The van der Waals surface area contributed by atoms with Crippen LogP contribution in [-0.4, -0.2) is 16.1 Å². The van der Waals surface area contributed by atoms with Crippen LogP contribution in [0, 0.1) is 6.92 Å². The fourth-order valence-electron chi connectivity index (χ4n) is 2.41. The third-order valence-corrected chi connectivity index (χ3v) is 3.42. The molecule has 22 heavy (non-hydrogen) atoms. The van der Waals surface area contributed by atoms with Crippen molar-refractivity contribution in [2.45, 2.75) is 26.9 Å². The van der Waals surface area contributed by atoms with E-state index in [4.69, 9.17) is 4.74 Å². The Hall–Kier alpha value is -2.62. The van der Waals surface area contributed by atoms with E-state index in [2.05, 4.69) is 9.97 Å². The van der Waals surface area contributed by atoms with Crippen molar-refractivity contribution < 1.29 is 4.74 Å². The molecular formula is C18H18N2O2. The molecule has 0 aliphatic heterocycles. The van der Waals surface area contributed by atoms with Crippen LogP contribution in [0.4, 0.5) is 0 Å².